The number of anilines is 1. The van der Waals surface area contributed by atoms with E-state index < -0.39 is 0 Å². The summed E-state index contributed by atoms with van der Waals surface area (Å²) in [6.07, 6.45) is 1.50. The predicted molar refractivity (Wildman–Crippen MR) is 111 cm³/mol. The number of benzene rings is 2. The summed E-state index contributed by atoms with van der Waals surface area (Å²) in [5.41, 5.74) is 3.14. The lowest BCUT2D eigenvalue weighted by Crippen LogP contribution is -2.23. The topological polar surface area (TPSA) is 90.0 Å². The molecule has 8 heteroatoms. The quantitative estimate of drug-likeness (QED) is 0.538. The maximum absolute atomic E-state index is 12.7. The number of hydrogen-bond donors (Lipinski definition) is 1. The van der Waals surface area contributed by atoms with E-state index in [9.17, 15) is 9.59 Å². The SMILES string of the molecule is Cc1ccc(-c2noc3c(=O)n(CCC(=O)Nc4cccc(Cl)c4)cnc23)cc1. The molecule has 0 bridgehead atoms. The summed E-state index contributed by atoms with van der Waals surface area (Å²) in [6, 6.07) is 14.6. The lowest BCUT2D eigenvalue weighted by Gasteiger charge is -2.07. The number of nitrogens with one attached hydrogen (secondary N) is 1. The fraction of sp³-hybridized carbons (Fsp3) is 0.143. The van der Waals surface area contributed by atoms with Crippen LogP contribution in [0, 0.1) is 6.92 Å². The molecule has 0 aliphatic heterocycles. The number of aromatic nitrogens is 3. The number of amides is 1. The first-order valence-electron chi connectivity index (χ1n) is 8.98. The first-order valence-corrected chi connectivity index (χ1v) is 9.36. The molecule has 2 aromatic heterocycles. The zero-order valence-electron chi connectivity index (χ0n) is 15.6. The van der Waals surface area contributed by atoms with E-state index in [1.807, 2.05) is 31.2 Å². The van der Waals surface area contributed by atoms with E-state index >= 15 is 0 Å². The Hall–Kier alpha value is -3.45. The summed E-state index contributed by atoms with van der Waals surface area (Å²) in [4.78, 5) is 29.2. The van der Waals surface area contributed by atoms with Gasteiger partial charge in [0.1, 0.15) is 11.2 Å². The maximum atomic E-state index is 12.7. The van der Waals surface area contributed by atoms with Gasteiger partial charge in [-0.05, 0) is 25.1 Å². The Labute approximate surface area is 170 Å². The third-order valence-electron chi connectivity index (χ3n) is 4.46. The summed E-state index contributed by atoms with van der Waals surface area (Å²) in [7, 11) is 0. The molecule has 4 rings (SSSR count). The lowest BCUT2D eigenvalue weighted by atomic mass is 10.1. The molecule has 0 atom stereocenters. The summed E-state index contributed by atoms with van der Waals surface area (Å²) in [5.74, 6) is -0.239. The van der Waals surface area contributed by atoms with E-state index in [1.165, 1.54) is 10.9 Å². The van der Waals surface area contributed by atoms with Crippen LogP contribution in [-0.2, 0) is 11.3 Å². The number of aryl methyl sites for hydroxylation is 2. The van der Waals surface area contributed by atoms with Gasteiger partial charge in [0.25, 0.3) is 11.1 Å². The molecule has 29 heavy (non-hydrogen) atoms. The molecular formula is C21H17ClN4O3. The minimum atomic E-state index is -0.378. The fourth-order valence-corrected chi connectivity index (χ4v) is 3.12. The molecule has 1 N–H and O–H groups in total. The molecule has 0 aliphatic rings. The summed E-state index contributed by atoms with van der Waals surface area (Å²) in [5, 5.41) is 7.29. The van der Waals surface area contributed by atoms with Crippen LogP contribution in [0.5, 0.6) is 0 Å². The van der Waals surface area contributed by atoms with Gasteiger partial charge in [-0.3, -0.25) is 14.2 Å². The van der Waals surface area contributed by atoms with Gasteiger partial charge in [0.2, 0.25) is 5.91 Å². The van der Waals surface area contributed by atoms with Gasteiger partial charge in [-0.1, -0.05) is 52.7 Å². The Bertz CT molecular complexity index is 1250. The van der Waals surface area contributed by atoms with Gasteiger partial charge >= 0.3 is 0 Å². The second-order valence-corrected chi connectivity index (χ2v) is 7.06. The summed E-state index contributed by atoms with van der Waals surface area (Å²) < 4.78 is 6.60. The average molecular weight is 409 g/mol. The second kappa shape index (κ2) is 7.89. The molecule has 2 aromatic carbocycles. The third-order valence-corrected chi connectivity index (χ3v) is 4.70. The predicted octanol–water partition coefficient (Wildman–Crippen LogP) is 4.04. The smallest absolute Gasteiger partial charge is 0.299 e. The van der Waals surface area contributed by atoms with Crippen LogP contribution < -0.4 is 10.9 Å². The van der Waals surface area contributed by atoms with Crippen molar-refractivity contribution in [3.05, 3.63) is 75.8 Å². The van der Waals surface area contributed by atoms with Crippen LogP contribution in [-0.4, -0.2) is 20.6 Å². The molecule has 1 amide bonds. The van der Waals surface area contributed by atoms with E-state index in [0.29, 0.717) is 21.9 Å². The molecule has 0 unspecified atom stereocenters. The highest BCUT2D eigenvalue weighted by Gasteiger charge is 2.16. The van der Waals surface area contributed by atoms with Crippen LogP contribution in [0.1, 0.15) is 12.0 Å². The number of hydrogen-bond acceptors (Lipinski definition) is 5. The minimum Gasteiger partial charge on any atom is -0.348 e. The first kappa shape index (κ1) is 18.9. The van der Waals surface area contributed by atoms with Crippen LogP contribution in [0.4, 0.5) is 5.69 Å². The van der Waals surface area contributed by atoms with Gasteiger partial charge < -0.3 is 9.84 Å². The monoisotopic (exact) mass is 408 g/mol. The zero-order valence-corrected chi connectivity index (χ0v) is 16.3. The number of fused-ring (bicyclic) bond motifs is 1. The molecule has 0 saturated carbocycles. The van der Waals surface area contributed by atoms with Crippen molar-refractivity contribution in [3.8, 4) is 11.3 Å². The highest BCUT2D eigenvalue weighted by atomic mass is 35.5. The molecule has 0 aliphatic carbocycles. The molecule has 7 nitrogen and oxygen atoms in total. The van der Waals surface area contributed by atoms with Gasteiger partial charge in [-0.15, -0.1) is 0 Å². The second-order valence-electron chi connectivity index (χ2n) is 6.63. The number of carbonyl (C=O) groups is 1. The number of halogens is 1. The van der Waals surface area contributed by atoms with Crippen molar-refractivity contribution in [2.75, 3.05) is 5.32 Å². The molecule has 2 heterocycles. The fourth-order valence-electron chi connectivity index (χ4n) is 2.93. The van der Waals surface area contributed by atoms with Gasteiger partial charge in [-0.25, -0.2) is 4.98 Å². The van der Waals surface area contributed by atoms with Crippen molar-refractivity contribution in [2.24, 2.45) is 0 Å². The Morgan fingerprint density at radius 3 is 2.76 bits per heavy atom. The normalized spacial score (nSPS) is 11.0. The number of carbonyl (C=O) groups excluding carboxylic acids is 1. The Morgan fingerprint density at radius 2 is 2.00 bits per heavy atom. The molecule has 146 valence electrons. The van der Waals surface area contributed by atoms with Crippen molar-refractivity contribution < 1.29 is 9.32 Å². The largest absolute Gasteiger partial charge is 0.348 e. The van der Waals surface area contributed by atoms with Crippen molar-refractivity contribution in [1.82, 2.24) is 14.7 Å². The van der Waals surface area contributed by atoms with Crippen LogP contribution in [0.15, 0.2) is 64.2 Å². The number of nitrogens with zero attached hydrogens (tertiary/aromatic N) is 3. The lowest BCUT2D eigenvalue weighted by molar-refractivity contribution is -0.116. The standard InChI is InChI=1S/C21H17ClN4O3/c1-13-5-7-14(8-6-13)18-19-20(29-25-18)21(28)26(12-23-19)10-9-17(27)24-16-4-2-3-15(22)11-16/h2-8,11-12H,9-10H2,1H3,(H,24,27). The third kappa shape index (κ3) is 4.05. The van der Waals surface area contributed by atoms with E-state index in [2.05, 4.69) is 15.5 Å². The molecule has 0 spiro atoms. The van der Waals surface area contributed by atoms with Crippen LogP contribution >= 0.6 is 11.6 Å². The summed E-state index contributed by atoms with van der Waals surface area (Å²) >= 11 is 5.91. The van der Waals surface area contributed by atoms with Gasteiger partial charge in [0.15, 0.2) is 0 Å². The van der Waals surface area contributed by atoms with Gasteiger partial charge in [0, 0.05) is 29.2 Å². The van der Waals surface area contributed by atoms with Crippen molar-refractivity contribution in [1.29, 1.82) is 0 Å². The molecule has 0 radical (unpaired) electrons. The highest BCUT2D eigenvalue weighted by Crippen LogP contribution is 2.24. The first-order chi connectivity index (χ1) is 14.0. The van der Waals surface area contributed by atoms with E-state index in [4.69, 9.17) is 16.1 Å². The van der Waals surface area contributed by atoms with Gasteiger partial charge in [0.05, 0.1) is 6.33 Å². The highest BCUT2D eigenvalue weighted by molar-refractivity contribution is 6.30. The molecule has 4 aromatic rings. The molecular weight excluding hydrogens is 392 g/mol. The Morgan fingerprint density at radius 1 is 1.21 bits per heavy atom. The van der Waals surface area contributed by atoms with Crippen LogP contribution in [0.2, 0.25) is 5.02 Å². The van der Waals surface area contributed by atoms with Crippen molar-refractivity contribution >= 4 is 34.3 Å². The number of rotatable bonds is 5. The van der Waals surface area contributed by atoms with Crippen molar-refractivity contribution in [2.45, 2.75) is 19.9 Å². The van der Waals surface area contributed by atoms with E-state index in [0.717, 1.165) is 11.1 Å². The van der Waals surface area contributed by atoms with E-state index in [-0.39, 0.29) is 30.0 Å². The van der Waals surface area contributed by atoms with Gasteiger partial charge in [-0.2, -0.15) is 0 Å². The zero-order chi connectivity index (χ0) is 20.4. The van der Waals surface area contributed by atoms with Crippen molar-refractivity contribution in [3.63, 3.8) is 0 Å². The van der Waals surface area contributed by atoms with Crippen LogP contribution in [0.25, 0.3) is 22.4 Å². The summed E-state index contributed by atoms with van der Waals surface area (Å²) in [6.45, 7) is 2.15. The minimum absolute atomic E-state index is 0.0679. The Balaban J connectivity index is 1.51. The maximum Gasteiger partial charge on any atom is 0.299 e. The molecule has 0 saturated heterocycles. The van der Waals surface area contributed by atoms with E-state index in [1.54, 1.807) is 24.3 Å². The Kier molecular flexibility index (Phi) is 5.14. The van der Waals surface area contributed by atoms with Crippen LogP contribution in [0.3, 0.4) is 0 Å². The molecule has 0 fully saturated rings. The average Bonchev–Trinajstić information content (AvgIpc) is 3.13.